The number of benzene rings is 1. The second-order valence-electron chi connectivity index (χ2n) is 5.12. The molecule has 0 aliphatic carbocycles. The molecule has 106 valence electrons. The van der Waals surface area contributed by atoms with Gasteiger partial charge in [-0.25, -0.2) is 0 Å². The van der Waals surface area contributed by atoms with Gasteiger partial charge in [0.1, 0.15) is 0 Å². The number of hydrogen-bond donors (Lipinski definition) is 2. The predicted molar refractivity (Wildman–Crippen MR) is 76.7 cm³/mol. The Hall–Kier alpha value is -1.90. The normalized spacial score (nSPS) is 16.0. The van der Waals surface area contributed by atoms with E-state index in [4.69, 9.17) is 11.0 Å². The molecule has 1 heterocycles. The summed E-state index contributed by atoms with van der Waals surface area (Å²) in [7, 11) is 0. The number of nitrogens with zero attached hydrogens (tertiary/aromatic N) is 2. The number of carbonyl (C=O) groups is 1. The summed E-state index contributed by atoms with van der Waals surface area (Å²) in [5.41, 5.74) is 6.98. The highest BCUT2D eigenvalue weighted by Gasteiger charge is 2.23. The van der Waals surface area contributed by atoms with Crippen LogP contribution in [0.2, 0.25) is 0 Å². The minimum absolute atomic E-state index is 0.241. The molecule has 3 N–H and O–H groups in total. The zero-order valence-corrected chi connectivity index (χ0v) is 11.5. The van der Waals surface area contributed by atoms with E-state index >= 15 is 0 Å². The Morgan fingerprint density at radius 1 is 1.40 bits per heavy atom. The molecular weight excluding hydrogens is 252 g/mol. The van der Waals surface area contributed by atoms with Gasteiger partial charge in [-0.1, -0.05) is 18.2 Å². The lowest BCUT2D eigenvalue weighted by molar-refractivity contribution is -0.120. The monoisotopic (exact) mass is 272 g/mol. The third-order valence-electron chi connectivity index (χ3n) is 3.70. The molecule has 1 fully saturated rings. The maximum atomic E-state index is 11.3. The summed E-state index contributed by atoms with van der Waals surface area (Å²) in [5.74, 6) is -0.321. The summed E-state index contributed by atoms with van der Waals surface area (Å²) in [4.78, 5) is 13.4. The molecule has 0 bridgehead atoms. The lowest BCUT2D eigenvalue weighted by Crippen LogP contribution is -2.46. The predicted octanol–water partition coefficient (Wildman–Crippen LogP) is 0.598. The number of nitrogens with two attached hydrogens (primary N) is 1. The summed E-state index contributed by atoms with van der Waals surface area (Å²) < 4.78 is 0. The van der Waals surface area contributed by atoms with Crippen LogP contribution in [0.4, 0.5) is 0 Å². The van der Waals surface area contributed by atoms with Crippen LogP contribution in [0.3, 0.4) is 0 Å². The van der Waals surface area contributed by atoms with Crippen LogP contribution in [0.25, 0.3) is 0 Å². The van der Waals surface area contributed by atoms with Crippen molar-refractivity contribution in [2.75, 3.05) is 19.6 Å². The second-order valence-corrected chi connectivity index (χ2v) is 5.12. The molecular formula is C15H20N4O. The molecule has 1 aromatic carbocycles. The maximum Gasteiger partial charge on any atom is 0.231 e. The molecule has 5 nitrogen and oxygen atoms in total. The van der Waals surface area contributed by atoms with Gasteiger partial charge in [0.05, 0.1) is 18.2 Å². The van der Waals surface area contributed by atoms with E-state index in [0.29, 0.717) is 18.2 Å². The first-order valence-corrected chi connectivity index (χ1v) is 6.92. The van der Waals surface area contributed by atoms with Crippen molar-refractivity contribution in [3.8, 4) is 6.07 Å². The van der Waals surface area contributed by atoms with E-state index in [1.54, 1.807) is 6.07 Å². The van der Waals surface area contributed by atoms with Crippen molar-refractivity contribution in [3.05, 3.63) is 35.4 Å². The third-order valence-corrected chi connectivity index (χ3v) is 3.70. The van der Waals surface area contributed by atoms with Crippen molar-refractivity contribution in [2.24, 2.45) is 5.73 Å². The van der Waals surface area contributed by atoms with Gasteiger partial charge in [-0.15, -0.1) is 0 Å². The minimum Gasteiger partial charge on any atom is -0.369 e. The van der Waals surface area contributed by atoms with E-state index in [9.17, 15) is 4.79 Å². The van der Waals surface area contributed by atoms with Gasteiger partial charge in [0.25, 0.3) is 0 Å². The molecule has 1 aromatic rings. The molecule has 1 amide bonds. The first kappa shape index (κ1) is 14.5. The number of hydrogen-bond acceptors (Lipinski definition) is 4. The van der Waals surface area contributed by atoms with Crippen LogP contribution in [0, 0.1) is 11.3 Å². The average Bonchev–Trinajstić information content (AvgIpc) is 2.47. The lowest BCUT2D eigenvalue weighted by atomic mass is 10.0. The van der Waals surface area contributed by atoms with Crippen LogP contribution in [0.1, 0.15) is 24.0 Å². The van der Waals surface area contributed by atoms with Crippen molar-refractivity contribution >= 4 is 5.91 Å². The Labute approximate surface area is 119 Å². The van der Waals surface area contributed by atoms with E-state index in [0.717, 1.165) is 31.5 Å². The number of nitrogens with one attached hydrogen (secondary N) is 1. The molecule has 1 saturated heterocycles. The van der Waals surface area contributed by atoms with Crippen LogP contribution in [-0.2, 0) is 11.3 Å². The van der Waals surface area contributed by atoms with Crippen LogP contribution in [-0.4, -0.2) is 36.5 Å². The van der Waals surface area contributed by atoms with Crippen LogP contribution < -0.4 is 11.1 Å². The molecule has 1 aliphatic heterocycles. The first-order chi connectivity index (χ1) is 9.70. The molecule has 1 aliphatic rings. The van der Waals surface area contributed by atoms with Gasteiger partial charge in [-0.2, -0.15) is 5.26 Å². The molecule has 0 radical (unpaired) electrons. The summed E-state index contributed by atoms with van der Waals surface area (Å²) in [6.07, 6.45) is 2.00. The topological polar surface area (TPSA) is 82.2 Å². The third kappa shape index (κ3) is 3.80. The number of rotatable bonds is 5. The minimum atomic E-state index is -0.321. The molecule has 20 heavy (non-hydrogen) atoms. The van der Waals surface area contributed by atoms with E-state index < -0.39 is 0 Å². The fourth-order valence-electron chi connectivity index (χ4n) is 2.67. The molecule has 2 rings (SSSR count). The summed E-state index contributed by atoms with van der Waals surface area (Å²) in [6, 6.07) is 10.1. The van der Waals surface area contributed by atoms with Crippen molar-refractivity contribution < 1.29 is 4.79 Å². The number of primary amides is 1. The van der Waals surface area contributed by atoms with E-state index in [-0.39, 0.29) is 12.5 Å². The molecule has 0 saturated carbocycles. The fourth-order valence-corrected chi connectivity index (χ4v) is 2.67. The number of carbonyl (C=O) groups excluding carboxylic acids is 1. The van der Waals surface area contributed by atoms with Gasteiger partial charge >= 0.3 is 0 Å². The number of nitriles is 1. The quantitative estimate of drug-likeness (QED) is 0.822. The average molecular weight is 272 g/mol. The van der Waals surface area contributed by atoms with Gasteiger partial charge in [0, 0.05) is 12.6 Å². The highest BCUT2D eigenvalue weighted by Crippen LogP contribution is 2.17. The highest BCUT2D eigenvalue weighted by molar-refractivity contribution is 5.76. The van der Waals surface area contributed by atoms with Gasteiger partial charge in [-0.3, -0.25) is 9.69 Å². The first-order valence-electron chi connectivity index (χ1n) is 6.92. The summed E-state index contributed by atoms with van der Waals surface area (Å²) >= 11 is 0. The number of piperidine rings is 1. The molecule has 0 atom stereocenters. The van der Waals surface area contributed by atoms with Crippen LogP contribution in [0.15, 0.2) is 24.3 Å². The maximum absolute atomic E-state index is 11.3. The number of amides is 1. The Morgan fingerprint density at radius 2 is 2.10 bits per heavy atom. The molecule has 0 spiro atoms. The van der Waals surface area contributed by atoms with Crippen molar-refractivity contribution in [1.82, 2.24) is 10.2 Å². The van der Waals surface area contributed by atoms with Crippen molar-refractivity contribution in [2.45, 2.75) is 25.4 Å². The molecule has 0 aromatic heterocycles. The Bertz CT molecular complexity index is 503. The van der Waals surface area contributed by atoms with Crippen molar-refractivity contribution in [1.29, 1.82) is 5.26 Å². The van der Waals surface area contributed by atoms with Gasteiger partial charge in [0.15, 0.2) is 0 Å². The van der Waals surface area contributed by atoms with Gasteiger partial charge in [-0.05, 0) is 37.6 Å². The fraction of sp³-hybridized carbons (Fsp3) is 0.467. The summed E-state index contributed by atoms with van der Waals surface area (Å²) in [5, 5.41) is 12.5. The Balaban J connectivity index is 2.14. The standard InChI is InChI=1S/C15H20N4O/c16-9-12-3-1-2-4-13(12)10-19(11-15(17)20)14-5-7-18-8-6-14/h1-4,14,18H,5-8,10-11H2,(H2,17,20). The van der Waals surface area contributed by atoms with Crippen LogP contribution >= 0.6 is 0 Å². The SMILES string of the molecule is N#Cc1ccccc1CN(CC(N)=O)C1CCNCC1. The Kier molecular flexibility index (Phi) is 5.10. The van der Waals surface area contributed by atoms with Gasteiger partial charge in [0.2, 0.25) is 5.91 Å². The molecule has 5 heteroatoms. The van der Waals surface area contributed by atoms with E-state index in [2.05, 4.69) is 16.3 Å². The molecule has 0 unspecified atom stereocenters. The van der Waals surface area contributed by atoms with Gasteiger partial charge < -0.3 is 11.1 Å². The zero-order chi connectivity index (χ0) is 14.4. The Morgan fingerprint density at radius 3 is 2.75 bits per heavy atom. The van der Waals surface area contributed by atoms with E-state index in [1.807, 2.05) is 18.2 Å². The second kappa shape index (κ2) is 7.04. The largest absolute Gasteiger partial charge is 0.369 e. The smallest absolute Gasteiger partial charge is 0.231 e. The highest BCUT2D eigenvalue weighted by atomic mass is 16.1. The van der Waals surface area contributed by atoms with E-state index in [1.165, 1.54) is 0 Å². The van der Waals surface area contributed by atoms with Crippen molar-refractivity contribution in [3.63, 3.8) is 0 Å². The summed E-state index contributed by atoms with van der Waals surface area (Å²) in [6.45, 7) is 2.75. The lowest BCUT2D eigenvalue weighted by Gasteiger charge is -2.34. The van der Waals surface area contributed by atoms with Crippen LogP contribution in [0.5, 0.6) is 0 Å². The zero-order valence-electron chi connectivity index (χ0n) is 11.5.